The fraction of sp³-hybridized carbons (Fsp3) is 0.292. The molecule has 0 spiro atoms. The number of pyridine rings is 2. The van der Waals surface area contributed by atoms with E-state index in [1.54, 1.807) is 12.4 Å². The highest BCUT2D eigenvalue weighted by molar-refractivity contribution is 5.96. The predicted octanol–water partition coefficient (Wildman–Crippen LogP) is 4.68. The van der Waals surface area contributed by atoms with Crippen molar-refractivity contribution in [3.05, 3.63) is 54.5 Å². The number of benzene rings is 1. The van der Waals surface area contributed by atoms with Gasteiger partial charge in [-0.15, -0.1) is 0 Å². The third kappa shape index (κ3) is 3.46. The van der Waals surface area contributed by atoms with Crippen LogP contribution < -0.4 is 20.3 Å². The number of hydrogen-bond acceptors (Lipinski definition) is 6. The van der Waals surface area contributed by atoms with E-state index in [9.17, 15) is 4.79 Å². The summed E-state index contributed by atoms with van der Waals surface area (Å²) in [5.74, 6) is 1.68. The number of carbonyl (C=O) groups is 1. The molecule has 2 aromatic heterocycles. The number of carbonyl (C=O) groups excluding carboxylic acids is 1. The highest BCUT2D eigenvalue weighted by Crippen LogP contribution is 2.47. The van der Waals surface area contributed by atoms with Crippen LogP contribution in [0.2, 0.25) is 0 Å². The lowest BCUT2D eigenvalue weighted by Gasteiger charge is -2.35. The van der Waals surface area contributed by atoms with E-state index in [-0.39, 0.29) is 5.91 Å². The minimum atomic E-state index is -0.541. The summed E-state index contributed by atoms with van der Waals surface area (Å²) in [6, 6.07) is 10.0. The first-order valence-corrected chi connectivity index (χ1v) is 10.5. The molecule has 2 N–H and O–H groups in total. The summed E-state index contributed by atoms with van der Waals surface area (Å²) in [5.41, 5.74) is 5.21. The lowest BCUT2D eigenvalue weighted by Crippen LogP contribution is -2.30. The number of fused-ring (bicyclic) bond motifs is 3. The summed E-state index contributed by atoms with van der Waals surface area (Å²) in [7, 11) is 1.86. The van der Waals surface area contributed by atoms with Gasteiger partial charge in [0.2, 0.25) is 5.91 Å². The summed E-state index contributed by atoms with van der Waals surface area (Å²) < 4.78 is 6.41. The van der Waals surface area contributed by atoms with E-state index in [2.05, 4.69) is 34.4 Å². The number of aromatic nitrogens is 2. The van der Waals surface area contributed by atoms with Crippen molar-refractivity contribution in [1.29, 1.82) is 0 Å². The molecule has 1 saturated heterocycles. The molecular weight excluding hydrogens is 390 g/mol. The molecule has 1 aromatic carbocycles. The molecule has 0 saturated carbocycles. The van der Waals surface area contributed by atoms with Crippen molar-refractivity contribution in [2.75, 3.05) is 29.1 Å². The second-order valence-electron chi connectivity index (χ2n) is 8.39. The molecule has 7 heteroatoms. The average molecular weight is 415 g/mol. The van der Waals surface area contributed by atoms with E-state index in [0.29, 0.717) is 6.42 Å². The zero-order chi connectivity index (χ0) is 21.6. The van der Waals surface area contributed by atoms with Gasteiger partial charge in [0.15, 0.2) is 0 Å². The summed E-state index contributed by atoms with van der Waals surface area (Å²) in [4.78, 5) is 22.9. The van der Waals surface area contributed by atoms with Crippen LogP contribution in [0.1, 0.15) is 32.3 Å². The number of hydrogen-bond donors (Lipinski definition) is 2. The second kappa shape index (κ2) is 7.27. The van der Waals surface area contributed by atoms with Crippen molar-refractivity contribution in [2.45, 2.75) is 32.3 Å². The van der Waals surface area contributed by atoms with Gasteiger partial charge in [-0.1, -0.05) is 0 Å². The molecule has 1 amide bonds. The highest BCUT2D eigenvalue weighted by Gasteiger charge is 2.34. The molecule has 158 valence electrons. The smallest absolute Gasteiger partial charge is 0.227 e. The van der Waals surface area contributed by atoms with Gasteiger partial charge in [-0.25, -0.2) is 4.98 Å². The topological polar surface area (TPSA) is 79.4 Å². The van der Waals surface area contributed by atoms with Crippen LogP contribution in [0, 0.1) is 0 Å². The molecule has 2 aliphatic heterocycles. The van der Waals surface area contributed by atoms with Crippen molar-refractivity contribution < 1.29 is 9.53 Å². The van der Waals surface area contributed by atoms with Crippen LogP contribution in [0.5, 0.6) is 5.75 Å². The van der Waals surface area contributed by atoms with E-state index >= 15 is 0 Å². The van der Waals surface area contributed by atoms with Crippen LogP contribution in [0.3, 0.4) is 0 Å². The van der Waals surface area contributed by atoms with Gasteiger partial charge < -0.3 is 20.3 Å². The number of nitrogens with one attached hydrogen (secondary N) is 2. The molecule has 31 heavy (non-hydrogen) atoms. The highest BCUT2D eigenvalue weighted by atomic mass is 16.5. The first-order chi connectivity index (χ1) is 14.9. The second-order valence-corrected chi connectivity index (χ2v) is 8.39. The Labute approximate surface area is 181 Å². The van der Waals surface area contributed by atoms with E-state index in [0.717, 1.165) is 58.3 Å². The number of nitrogens with zero attached hydrogens (tertiary/aromatic N) is 3. The normalized spacial score (nSPS) is 16.4. The van der Waals surface area contributed by atoms with Gasteiger partial charge in [0, 0.05) is 54.7 Å². The zero-order valence-corrected chi connectivity index (χ0v) is 17.9. The zero-order valence-electron chi connectivity index (χ0n) is 17.9. The molecule has 0 atom stereocenters. The summed E-state index contributed by atoms with van der Waals surface area (Å²) in [6.07, 6.45) is 6.93. The van der Waals surface area contributed by atoms with Gasteiger partial charge in [-0.05, 0) is 44.5 Å². The van der Waals surface area contributed by atoms with Gasteiger partial charge in [0.05, 0.1) is 23.8 Å². The third-order valence-electron chi connectivity index (χ3n) is 5.86. The van der Waals surface area contributed by atoms with E-state index in [1.807, 2.05) is 48.5 Å². The largest absolute Gasteiger partial charge is 0.482 e. The average Bonchev–Trinajstić information content (AvgIpc) is 3.19. The molecule has 2 aliphatic rings. The quantitative estimate of drug-likeness (QED) is 0.644. The summed E-state index contributed by atoms with van der Waals surface area (Å²) in [5, 5.41) is 6.42. The first-order valence-electron chi connectivity index (χ1n) is 10.5. The van der Waals surface area contributed by atoms with Crippen molar-refractivity contribution in [1.82, 2.24) is 9.97 Å². The molecule has 5 rings (SSSR count). The molecular formula is C24H25N5O2. The standard InChI is InChI=1S/C24H25N5O2/c1-24(2)20-11-22(28-16-9-15(25-3)12-26-13-16)27-14-19(20)18-7-6-17(10-21(18)31-24)29-8-4-5-23(29)30/h6-7,9-14,25H,4-5,8H2,1-3H3,(H,27,28). The van der Waals surface area contributed by atoms with Crippen LogP contribution in [0.25, 0.3) is 11.1 Å². The number of anilines is 4. The van der Waals surface area contributed by atoms with Crippen LogP contribution in [-0.2, 0) is 10.4 Å². The number of rotatable bonds is 4. The molecule has 7 nitrogen and oxygen atoms in total. The fourth-order valence-corrected chi connectivity index (χ4v) is 4.27. The van der Waals surface area contributed by atoms with Crippen LogP contribution >= 0.6 is 0 Å². The summed E-state index contributed by atoms with van der Waals surface area (Å²) in [6.45, 7) is 4.86. The van der Waals surface area contributed by atoms with Crippen LogP contribution in [0.4, 0.5) is 22.9 Å². The molecule has 0 aliphatic carbocycles. The maximum atomic E-state index is 12.2. The Hall–Kier alpha value is -3.61. The summed E-state index contributed by atoms with van der Waals surface area (Å²) >= 11 is 0. The number of amides is 1. The predicted molar refractivity (Wildman–Crippen MR) is 122 cm³/mol. The maximum Gasteiger partial charge on any atom is 0.227 e. The van der Waals surface area contributed by atoms with Crippen molar-refractivity contribution in [3.63, 3.8) is 0 Å². The monoisotopic (exact) mass is 415 g/mol. The minimum absolute atomic E-state index is 0.171. The van der Waals surface area contributed by atoms with Gasteiger partial charge in [-0.2, -0.15) is 0 Å². The van der Waals surface area contributed by atoms with Crippen LogP contribution in [0.15, 0.2) is 48.9 Å². The Morgan fingerprint density at radius 3 is 2.68 bits per heavy atom. The molecule has 0 bridgehead atoms. The van der Waals surface area contributed by atoms with E-state index < -0.39 is 5.60 Å². The van der Waals surface area contributed by atoms with E-state index in [1.165, 1.54) is 0 Å². The minimum Gasteiger partial charge on any atom is -0.482 e. The van der Waals surface area contributed by atoms with Gasteiger partial charge >= 0.3 is 0 Å². The lowest BCUT2D eigenvalue weighted by molar-refractivity contribution is -0.117. The van der Waals surface area contributed by atoms with E-state index in [4.69, 9.17) is 4.74 Å². The SMILES string of the molecule is CNc1cncc(Nc2cc3c(cn2)-c2ccc(N4CCCC4=O)cc2OC3(C)C)c1. The van der Waals surface area contributed by atoms with Crippen LogP contribution in [-0.4, -0.2) is 29.5 Å². The van der Waals surface area contributed by atoms with Crippen molar-refractivity contribution in [3.8, 4) is 16.9 Å². The maximum absolute atomic E-state index is 12.2. The Balaban J connectivity index is 1.50. The molecule has 4 heterocycles. The third-order valence-corrected chi connectivity index (χ3v) is 5.86. The first kappa shape index (κ1) is 19.4. The van der Waals surface area contributed by atoms with Gasteiger partial charge in [0.1, 0.15) is 17.2 Å². The Morgan fingerprint density at radius 2 is 1.90 bits per heavy atom. The lowest BCUT2D eigenvalue weighted by atomic mass is 9.87. The number of ether oxygens (including phenoxy) is 1. The molecule has 1 fully saturated rings. The Kier molecular flexibility index (Phi) is 4.54. The van der Waals surface area contributed by atoms with Crippen molar-refractivity contribution in [2.24, 2.45) is 0 Å². The molecule has 3 aromatic rings. The fourth-order valence-electron chi connectivity index (χ4n) is 4.27. The van der Waals surface area contributed by atoms with Gasteiger partial charge in [0.25, 0.3) is 0 Å². The molecule has 0 radical (unpaired) electrons. The van der Waals surface area contributed by atoms with Gasteiger partial charge in [-0.3, -0.25) is 9.78 Å². The Morgan fingerprint density at radius 1 is 1.06 bits per heavy atom. The van der Waals surface area contributed by atoms with Crippen molar-refractivity contribution >= 4 is 28.8 Å². The Bertz CT molecular complexity index is 1170. The molecule has 0 unspecified atom stereocenters.